The lowest BCUT2D eigenvalue weighted by Gasteiger charge is -2.15. The minimum atomic E-state index is -0.334. The molecule has 30 heavy (non-hydrogen) atoms. The molecular weight excluding hydrogens is 396 g/mol. The van der Waals surface area contributed by atoms with E-state index in [9.17, 15) is 4.79 Å². The number of nitrogens with one attached hydrogen (secondary N) is 1. The standard InChI is InChI=1S/C23H24N4O2S/c1-16(22(28)24-15-19-13-8-14-29-19)30-23-25-20(17-9-4-2-5-10-17)21(26-27-23)18-11-6-3-7-12-18/h2-7,9-12,16,19H,8,13-15H2,1H3,(H,24,28)/t16-,19+/m0/s1. The van der Waals surface area contributed by atoms with Crippen LogP contribution < -0.4 is 5.32 Å². The van der Waals surface area contributed by atoms with E-state index in [2.05, 4.69) is 15.5 Å². The number of benzene rings is 2. The van der Waals surface area contributed by atoms with E-state index < -0.39 is 0 Å². The highest BCUT2D eigenvalue weighted by Crippen LogP contribution is 2.30. The highest BCUT2D eigenvalue weighted by Gasteiger charge is 2.21. The number of hydrogen-bond donors (Lipinski definition) is 1. The van der Waals surface area contributed by atoms with Crippen molar-refractivity contribution >= 4 is 17.7 Å². The summed E-state index contributed by atoms with van der Waals surface area (Å²) in [7, 11) is 0. The smallest absolute Gasteiger partial charge is 0.233 e. The number of aromatic nitrogens is 3. The molecule has 0 bridgehead atoms. The van der Waals surface area contributed by atoms with Crippen molar-refractivity contribution in [3.8, 4) is 22.5 Å². The molecule has 2 heterocycles. The maximum absolute atomic E-state index is 12.5. The average Bonchev–Trinajstić information content (AvgIpc) is 3.32. The van der Waals surface area contributed by atoms with Gasteiger partial charge in [-0.2, -0.15) is 0 Å². The number of nitrogens with zero attached hydrogens (tertiary/aromatic N) is 3. The SMILES string of the molecule is C[C@H](Sc1nnc(-c2ccccc2)c(-c2ccccc2)n1)C(=O)NC[C@H]1CCCO1. The van der Waals surface area contributed by atoms with Crippen LogP contribution in [0.3, 0.4) is 0 Å². The quantitative estimate of drug-likeness (QED) is 0.583. The fourth-order valence-corrected chi connectivity index (χ4v) is 4.06. The fraction of sp³-hybridized carbons (Fsp3) is 0.304. The molecule has 1 amide bonds. The molecule has 1 aromatic heterocycles. The highest BCUT2D eigenvalue weighted by atomic mass is 32.2. The Balaban J connectivity index is 1.53. The average molecular weight is 421 g/mol. The van der Waals surface area contributed by atoms with Gasteiger partial charge in [-0.05, 0) is 19.8 Å². The van der Waals surface area contributed by atoms with Crippen LogP contribution in [0, 0.1) is 0 Å². The summed E-state index contributed by atoms with van der Waals surface area (Å²) < 4.78 is 5.57. The number of thioether (sulfide) groups is 1. The summed E-state index contributed by atoms with van der Waals surface area (Å²) in [5.74, 6) is -0.0486. The second-order valence-corrected chi connectivity index (χ2v) is 8.47. The van der Waals surface area contributed by atoms with Crippen molar-refractivity contribution in [3.63, 3.8) is 0 Å². The number of carbonyl (C=O) groups is 1. The Morgan fingerprint density at radius 3 is 2.37 bits per heavy atom. The third-order valence-corrected chi connectivity index (χ3v) is 5.89. The molecule has 1 fully saturated rings. The molecule has 0 aliphatic carbocycles. The lowest BCUT2D eigenvalue weighted by atomic mass is 10.0. The maximum Gasteiger partial charge on any atom is 0.233 e. The van der Waals surface area contributed by atoms with Crippen LogP contribution in [-0.2, 0) is 9.53 Å². The Hall–Kier alpha value is -2.77. The van der Waals surface area contributed by atoms with Gasteiger partial charge in [0.2, 0.25) is 11.1 Å². The molecule has 1 aliphatic heterocycles. The normalized spacial score (nSPS) is 16.9. The van der Waals surface area contributed by atoms with Gasteiger partial charge in [0.15, 0.2) is 0 Å². The van der Waals surface area contributed by atoms with Crippen LogP contribution >= 0.6 is 11.8 Å². The van der Waals surface area contributed by atoms with E-state index in [0.29, 0.717) is 11.7 Å². The summed E-state index contributed by atoms with van der Waals surface area (Å²) in [5.41, 5.74) is 3.40. The predicted octanol–water partition coefficient (Wildman–Crippen LogP) is 3.98. The number of amides is 1. The van der Waals surface area contributed by atoms with Crippen LogP contribution in [0.1, 0.15) is 19.8 Å². The molecule has 154 valence electrons. The van der Waals surface area contributed by atoms with Gasteiger partial charge in [-0.25, -0.2) is 4.98 Å². The van der Waals surface area contributed by atoms with Crippen LogP contribution in [0.25, 0.3) is 22.5 Å². The van der Waals surface area contributed by atoms with Crippen LogP contribution in [0.5, 0.6) is 0 Å². The minimum Gasteiger partial charge on any atom is -0.376 e. The van der Waals surface area contributed by atoms with E-state index in [-0.39, 0.29) is 17.3 Å². The van der Waals surface area contributed by atoms with Gasteiger partial charge in [-0.1, -0.05) is 72.4 Å². The number of rotatable bonds is 7. The van der Waals surface area contributed by atoms with Crippen molar-refractivity contribution < 1.29 is 9.53 Å². The largest absolute Gasteiger partial charge is 0.376 e. The molecule has 0 saturated carbocycles. The first-order chi connectivity index (χ1) is 14.7. The van der Waals surface area contributed by atoms with E-state index in [1.165, 1.54) is 11.8 Å². The van der Waals surface area contributed by atoms with Crippen molar-refractivity contribution in [1.29, 1.82) is 0 Å². The zero-order valence-electron chi connectivity index (χ0n) is 16.8. The third-order valence-electron chi connectivity index (χ3n) is 4.94. The molecule has 4 rings (SSSR count). The van der Waals surface area contributed by atoms with Gasteiger partial charge in [0, 0.05) is 24.3 Å². The van der Waals surface area contributed by atoms with Gasteiger partial charge in [-0.3, -0.25) is 4.79 Å². The Bertz CT molecular complexity index is 979. The van der Waals surface area contributed by atoms with Crippen LogP contribution in [0.15, 0.2) is 65.8 Å². The van der Waals surface area contributed by atoms with E-state index >= 15 is 0 Å². The topological polar surface area (TPSA) is 77.0 Å². The van der Waals surface area contributed by atoms with Crippen molar-refractivity contribution in [2.24, 2.45) is 0 Å². The van der Waals surface area contributed by atoms with Gasteiger partial charge in [0.25, 0.3) is 0 Å². The molecule has 2 aromatic carbocycles. The Morgan fingerprint density at radius 1 is 1.07 bits per heavy atom. The Labute approximate surface area is 180 Å². The van der Waals surface area contributed by atoms with E-state index in [4.69, 9.17) is 9.72 Å². The molecule has 0 unspecified atom stereocenters. The molecule has 1 saturated heterocycles. The van der Waals surface area contributed by atoms with Crippen LogP contribution in [0.4, 0.5) is 0 Å². The lowest BCUT2D eigenvalue weighted by molar-refractivity contribution is -0.120. The first kappa shape index (κ1) is 20.5. The summed E-state index contributed by atoms with van der Waals surface area (Å²) in [5, 5.41) is 11.9. The third kappa shape index (κ3) is 5.04. The number of ether oxygens (including phenoxy) is 1. The number of hydrogen-bond acceptors (Lipinski definition) is 6. The van der Waals surface area contributed by atoms with Gasteiger partial charge >= 0.3 is 0 Å². The molecule has 0 spiro atoms. The predicted molar refractivity (Wildman–Crippen MR) is 118 cm³/mol. The van der Waals surface area contributed by atoms with E-state index in [0.717, 1.165) is 42.0 Å². The second kappa shape index (κ2) is 9.82. The van der Waals surface area contributed by atoms with Crippen molar-refractivity contribution in [2.45, 2.75) is 36.3 Å². The molecule has 7 heteroatoms. The summed E-state index contributed by atoms with van der Waals surface area (Å²) in [6.45, 7) is 3.18. The summed E-state index contributed by atoms with van der Waals surface area (Å²) in [6.07, 6.45) is 2.18. The summed E-state index contributed by atoms with van der Waals surface area (Å²) >= 11 is 1.31. The second-order valence-electron chi connectivity index (χ2n) is 7.16. The zero-order valence-corrected chi connectivity index (χ0v) is 17.6. The molecule has 6 nitrogen and oxygen atoms in total. The lowest BCUT2D eigenvalue weighted by Crippen LogP contribution is -2.36. The van der Waals surface area contributed by atoms with Gasteiger partial charge in [0.1, 0.15) is 11.4 Å². The first-order valence-electron chi connectivity index (χ1n) is 10.1. The monoisotopic (exact) mass is 420 g/mol. The zero-order chi connectivity index (χ0) is 20.8. The molecule has 1 aliphatic rings. The highest BCUT2D eigenvalue weighted by molar-refractivity contribution is 8.00. The van der Waals surface area contributed by atoms with Crippen LogP contribution in [0.2, 0.25) is 0 Å². The summed E-state index contributed by atoms with van der Waals surface area (Å²) in [4.78, 5) is 17.2. The fourth-order valence-electron chi connectivity index (χ4n) is 3.32. The number of carbonyl (C=O) groups excluding carboxylic acids is 1. The van der Waals surface area contributed by atoms with Crippen molar-refractivity contribution in [1.82, 2.24) is 20.5 Å². The van der Waals surface area contributed by atoms with E-state index in [1.807, 2.05) is 67.6 Å². The van der Waals surface area contributed by atoms with E-state index in [1.54, 1.807) is 0 Å². The first-order valence-corrected chi connectivity index (χ1v) is 11.0. The van der Waals surface area contributed by atoms with Crippen molar-refractivity contribution in [3.05, 3.63) is 60.7 Å². The maximum atomic E-state index is 12.5. The van der Waals surface area contributed by atoms with Gasteiger partial charge in [-0.15, -0.1) is 10.2 Å². The molecule has 0 radical (unpaired) electrons. The van der Waals surface area contributed by atoms with Gasteiger partial charge in [0.05, 0.1) is 11.4 Å². The molecule has 1 N–H and O–H groups in total. The Kier molecular flexibility index (Phi) is 6.71. The molecular formula is C23H24N4O2S. The molecule has 3 aromatic rings. The Morgan fingerprint density at radius 2 is 1.73 bits per heavy atom. The minimum absolute atomic E-state index is 0.0486. The summed E-state index contributed by atoms with van der Waals surface area (Å²) in [6, 6.07) is 19.8. The van der Waals surface area contributed by atoms with Gasteiger partial charge < -0.3 is 10.1 Å². The van der Waals surface area contributed by atoms with Crippen LogP contribution in [-0.4, -0.2) is 45.6 Å². The van der Waals surface area contributed by atoms with Crippen molar-refractivity contribution in [2.75, 3.05) is 13.2 Å². The molecule has 2 atom stereocenters.